The number of nitrogens with two attached hydrogens (primary N) is 1. The number of hydrogen-bond acceptors (Lipinski definition) is 2. The second kappa shape index (κ2) is 6.39. The van der Waals surface area contributed by atoms with E-state index in [4.69, 9.17) is 10.5 Å². The van der Waals surface area contributed by atoms with E-state index in [0.717, 1.165) is 24.3 Å². The van der Waals surface area contributed by atoms with Crippen molar-refractivity contribution in [2.45, 2.75) is 32.7 Å². The van der Waals surface area contributed by atoms with Crippen molar-refractivity contribution in [2.75, 3.05) is 0 Å². The molecule has 0 bridgehead atoms. The third kappa shape index (κ3) is 3.58. The number of benzene rings is 2. The molecule has 0 aromatic heterocycles. The lowest BCUT2D eigenvalue weighted by molar-refractivity contribution is 0.481. The Hall–Kier alpha value is -1.80. The molecule has 0 spiro atoms. The van der Waals surface area contributed by atoms with Crippen LogP contribution in [0.25, 0.3) is 0 Å². The molecular weight excluding hydrogens is 234 g/mol. The van der Waals surface area contributed by atoms with Crippen molar-refractivity contribution < 1.29 is 4.74 Å². The van der Waals surface area contributed by atoms with E-state index in [1.165, 1.54) is 11.1 Å². The van der Waals surface area contributed by atoms with Crippen LogP contribution in [0.3, 0.4) is 0 Å². The zero-order valence-electron chi connectivity index (χ0n) is 11.6. The summed E-state index contributed by atoms with van der Waals surface area (Å²) in [6.45, 7) is 4.24. The van der Waals surface area contributed by atoms with Gasteiger partial charge in [-0.25, -0.2) is 0 Å². The Labute approximate surface area is 115 Å². The van der Waals surface area contributed by atoms with Gasteiger partial charge in [0.05, 0.1) is 0 Å². The Kier molecular flexibility index (Phi) is 4.58. The Morgan fingerprint density at radius 3 is 2.42 bits per heavy atom. The fourth-order valence-electron chi connectivity index (χ4n) is 2.22. The number of ether oxygens (including phenoxy) is 1. The molecule has 0 saturated carbocycles. The summed E-state index contributed by atoms with van der Waals surface area (Å²) >= 11 is 0. The first-order chi connectivity index (χ1) is 9.20. The lowest BCUT2D eigenvalue weighted by Crippen LogP contribution is -2.11. The molecule has 2 aromatic carbocycles. The average molecular weight is 255 g/mol. The van der Waals surface area contributed by atoms with Crippen LogP contribution in [0, 0.1) is 6.92 Å². The minimum atomic E-state index is 0.121. The first-order valence-electron chi connectivity index (χ1n) is 6.79. The molecule has 2 aromatic rings. The zero-order valence-corrected chi connectivity index (χ0v) is 11.6. The molecule has 1 unspecified atom stereocenters. The average Bonchev–Trinajstić information content (AvgIpc) is 2.40. The quantitative estimate of drug-likeness (QED) is 0.848. The molecule has 0 aliphatic rings. The van der Waals surface area contributed by atoms with Gasteiger partial charge in [0.25, 0.3) is 0 Å². The fourth-order valence-corrected chi connectivity index (χ4v) is 2.22. The Morgan fingerprint density at radius 2 is 1.79 bits per heavy atom. The van der Waals surface area contributed by atoms with Gasteiger partial charge >= 0.3 is 0 Å². The van der Waals surface area contributed by atoms with Crippen LogP contribution in [-0.2, 0) is 0 Å². The van der Waals surface area contributed by atoms with Gasteiger partial charge in [0.1, 0.15) is 11.5 Å². The molecule has 2 N–H and O–H groups in total. The van der Waals surface area contributed by atoms with Gasteiger partial charge in [0.15, 0.2) is 0 Å². The summed E-state index contributed by atoms with van der Waals surface area (Å²) in [4.78, 5) is 0. The molecule has 0 heterocycles. The van der Waals surface area contributed by atoms with Crippen LogP contribution >= 0.6 is 0 Å². The Balaban J connectivity index is 2.15. The number of aryl methyl sites for hydroxylation is 1. The lowest BCUT2D eigenvalue weighted by atomic mass is 9.98. The van der Waals surface area contributed by atoms with Crippen LogP contribution in [0.1, 0.15) is 36.9 Å². The van der Waals surface area contributed by atoms with Crippen molar-refractivity contribution in [3.8, 4) is 11.5 Å². The minimum absolute atomic E-state index is 0.121. The van der Waals surface area contributed by atoms with Crippen LogP contribution in [0.4, 0.5) is 0 Å². The van der Waals surface area contributed by atoms with E-state index < -0.39 is 0 Å². The number of rotatable bonds is 5. The summed E-state index contributed by atoms with van der Waals surface area (Å²) in [6, 6.07) is 16.1. The standard InChI is InChI=1S/C17H21NO/c1-3-7-17(18)16-11-10-15(12-13(16)2)19-14-8-5-4-6-9-14/h4-6,8-12,17H,3,7,18H2,1-2H3. The van der Waals surface area contributed by atoms with Crippen molar-refractivity contribution in [1.82, 2.24) is 0 Å². The van der Waals surface area contributed by atoms with Gasteiger partial charge in [0.2, 0.25) is 0 Å². The van der Waals surface area contributed by atoms with Crippen molar-refractivity contribution in [1.29, 1.82) is 0 Å². The highest BCUT2D eigenvalue weighted by atomic mass is 16.5. The van der Waals surface area contributed by atoms with Crippen LogP contribution in [0.2, 0.25) is 0 Å². The van der Waals surface area contributed by atoms with Crippen molar-refractivity contribution >= 4 is 0 Å². The molecule has 2 heteroatoms. The van der Waals surface area contributed by atoms with Gasteiger partial charge in [-0.3, -0.25) is 0 Å². The summed E-state index contributed by atoms with van der Waals surface area (Å²) in [5.41, 5.74) is 8.57. The maximum Gasteiger partial charge on any atom is 0.127 e. The van der Waals surface area contributed by atoms with Gasteiger partial charge in [-0.05, 0) is 48.7 Å². The molecule has 1 atom stereocenters. The molecular formula is C17H21NO. The number of para-hydroxylation sites is 1. The van der Waals surface area contributed by atoms with Crippen molar-refractivity contribution in [2.24, 2.45) is 5.73 Å². The van der Waals surface area contributed by atoms with E-state index in [1.807, 2.05) is 36.4 Å². The predicted octanol–water partition coefficient (Wildman–Crippen LogP) is 4.59. The largest absolute Gasteiger partial charge is 0.457 e. The Bertz CT molecular complexity index is 522. The summed E-state index contributed by atoms with van der Waals surface area (Å²) < 4.78 is 5.81. The van der Waals surface area contributed by atoms with E-state index in [9.17, 15) is 0 Å². The lowest BCUT2D eigenvalue weighted by Gasteiger charge is -2.15. The second-order valence-electron chi connectivity index (χ2n) is 4.83. The molecule has 0 aliphatic carbocycles. The molecule has 19 heavy (non-hydrogen) atoms. The molecule has 0 saturated heterocycles. The van der Waals surface area contributed by atoms with E-state index in [2.05, 4.69) is 26.0 Å². The van der Waals surface area contributed by atoms with E-state index >= 15 is 0 Å². The van der Waals surface area contributed by atoms with Crippen molar-refractivity contribution in [3.63, 3.8) is 0 Å². The molecule has 0 amide bonds. The third-order valence-corrected chi connectivity index (χ3v) is 3.22. The summed E-state index contributed by atoms with van der Waals surface area (Å²) in [7, 11) is 0. The monoisotopic (exact) mass is 255 g/mol. The predicted molar refractivity (Wildman–Crippen MR) is 79.5 cm³/mol. The van der Waals surface area contributed by atoms with Crippen LogP contribution in [-0.4, -0.2) is 0 Å². The van der Waals surface area contributed by atoms with E-state index in [1.54, 1.807) is 0 Å². The third-order valence-electron chi connectivity index (χ3n) is 3.22. The summed E-state index contributed by atoms with van der Waals surface area (Å²) in [5.74, 6) is 1.71. The summed E-state index contributed by atoms with van der Waals surface area (Å²) in [5, 5.41) is 0. The molecule has 0 aliphatic heterocycles. The highest BCUT2D eigenvalue weighted by molar-refractivity contribution is 5.39. The normalized spacial score (nSPS) is 12.2. The van der Waals surface area contributed by atoms with Crippen molar-refractivity contribution in [3.05, 3.63) is 59.7 Å². The van der Waals surface area contributed by atoms with Gasteiger partial charge in [-0.1, -0.05) is 37.6 Å². The highest BCUT2D eigenvalue weighted by Gasteiger charge is 2.09. The van der Waals surface area contributed by atoms with Gasteiger partial charge in [-0.2, -0.15) is 0 Å². The highest BCUT2D eigenvalue weighted by Crippen LogP contribution is 2.27. The zero-order chi connectivity index (χ0) is 13.7. The van der Waals surface area contributed by atoms with Crippen LogP contribution < -0.4 is 10.5 Å². The molecule has 2 nitrogen and oxygen atoms in total. The first kappa shape index (κ1) is 13.6. The van der Waals surface area contributed by atoms with Crippen LogP contribution in [0.15, 0.2) is 48.5 Å². The van der Waals surface area contributed by atoms with Gasteiger partial charge in [0, 0.05) is 6.04 Å². The molecule has 0 radical (unpaired) electrons. The second-order valence-corrected chi connectivity index (χ2v) is 4.83. The topological polar surface area (TPSA) is 35.2 Å². The molecule has 100 valence electrons. The van der Waals surface area contributed by atoms with Gasteiger partial charge < -0.3 is 10.5 Å². The maximum atomic E-state index is 6.17. The maximum absolute atomic E-state index is 6.17. The molecule has 2 rings (SSSR count). The summed E-state index contributed by atoms with van der Waals surface area (Å²) in [6.07, 6.45) is 2.11. The van der Waals surface area contributed by atoms with E-state index in [-0.39, 0.29) is 6.04 Å². The minimum Gasteiger partial charge on any atom is -0.457 e. The SMILES string of the molecule is CCCC(N)c1ccc(Oc2ccccc2)cc1C. The smallest absolute Gasteiger partial charge is 0.127 e. The van der Waals surface area contributed by atoms with Crippen LogP contribution in [0.5, 0.6) is 11.5 Å². The van der Waals surface area contributed by atoms with Gasteiger partial charge in [-0.15, -0.1) is 0 Å². The van der Waals surface area contributed by atoms with E-state index in [0.29, 0.717) is 0 Å². The fraction of sp³-hybridized carbons (Fsp3) is 0.294. The Morgan fingerprint density at radius 1 is 1.05 bits per heavy atom. The molecule has 0 fully saturated rings. The number of hydrogen-bond donors (Lipinski definition) is 1. The first-order valence-corrected chi connectivity index (χ1v) is 6.79.